The summed E-state index contributed by atoms with van der Waals surface area (Å²) in [5.41, 5.74) is 2.60. The Labute approximate surface area is 130 Å². The average Bonchev–Trinajstić information content (AvgIpc) is 3.13. The Morgan fingerprint density at radius 2 is 2.24 bits per heavy atom. The molecule has 2 N–H and O–H groups in total. The Morgan fingerprint density at radius 1 is 1.38 bits per heavy atom. The van der Waals surface area contributed by atoms with E-state index >= 15 is 0 Å². The number of guanidine groups is 1. The Balaban J connectivity index is 1.89. The van der Waals surface area contributed by atoms with Gasteiger partial charge in [-0.25, -0.2) is 4.99 Å². The second-order valence-corrected chi connectivity index (χ2v) is 6.00. The summed E-state index contributed by atoms with van der Waals surface area (Å²) in [4.78, 5) is 4.63. The lowest BCUT2D eigenvalue weighted by Crippen LogP contribution is -2.39. The van der Waals surface area contributed by atoms with Gasteiger partial charge in [-0.1, -0.05) is 6.92 Å². The lowest BCUT2D eigenvalue weighted by Gasteiger charge is -2.15. The molecule has 0 spiro atoms. The molecule has 0 aliphatic carbocycles. The van der Waals surface area contributed by atoms with E-state index < -0.39 is 0 Å². The monoisotopic (exact) mass is 304 g/mol. The van der Waals surface area contributed by atoms with Crippen molar-refractivity contribution in [2.45, 2.75) is 26.3 Å². The van der Waals surface area contributed by atoms with Crippen molar-refractivity contribution in [2.75, 3.05) is 13.1 Å². The van der Waals surface area contributed by atoms with Crippen molar-refractivity contribution in [1.29, 1.82) is 0 Å². The average molecular weight is 304 g/mol. The van der Waals surface area contributed by atoms with Crippen LogP contribution in [0.15, 0.2) is 40.3 Å². The first-order valence-corrected chi connectivity index (χ1v) is 8.28. The van der Waals surface area contributed by atoms with Gasteiger partial charge in [-0.15, -0.1) is 0 Å². The van der Waals surface area contributed by atoms with Crippen LogP contribution in [-0.4, -0.2) is 23.6 Å². The molecule has 2 rings (SSSR count). The van der Waals surface area contributed by atoms with Gasteiger partial charge >= 0.3 is 0 Å². The minimum Gasteiger partial charge on any atom is -0.357 e. The molecule has 1 atom stereocenters. The van der Waals surface area contributed by atoms with Crippen LogP contribution in [0.3, 0.4) is 0 Å². The summed E-state index contributed by atoms with van der Waals surface area (Å²) < 4.78 is 2.05. The predicted molar refractivity (Wildman–Crippen MR) is 91.0 cm³/mol. The number of rotatable bonds is 6. The van der Waals surface area contributed by atoms with Gasteiger partial charge in [0, 0.05) is 32.5 Å². The van der Waals surface area contributed by atoms with E-state index in [2.05, 4.69) is 58.6 Å². The standard InChI is InChI=1S/C16H24N4S/c1-4-17-16(19-10-14-5-7-20(3)11-14)18-9-13(2)15-6-8-21-12-15/h5-8,11-13H,4,9-10H2,1-3H3,(H2,17,18,19). The SMILES string of the molecule is CCNC(=NCc1ccn(C)c1)NCC(C)c1ccsc1. The molecule has 2 heterocycles. The normalized spacial score (nSPS) is 13.2. The maximum absolute atomic E-state index is 4.63. The van der Waals surface area contributed by atoms with Crippen molar-refractivity contribution >= 4 is 17.3 Å². The van der Waals surface area contributed by atoms with E-state index in [1.807, 2.05) is 17.8 Å². The lowest BCUT2D eigenvalue weighted by atomic mass is 10.1. The van der Waals surface area contributed by atoms with Crippen LogP contribution in [0.25, 0.3) is 0 Å². The van der Waals surface area contributed by atoms with Crippen LogP contribution >= 0.6 is 11.3 Å². The van der Waals surface area contributed by atoms with Gasteiger partial charge < -0.3 is 15.2 Å². The van der Waals surface area contributed by atoms with Crippen molar-refractivity contribution in [3.05, 3.63) is 46.4 Å². The van der Waals surface area contributed by atoms with Gasteiger partial charge in [0.15, 0.2) is 5.96 Å². The maximum Gasteiger partial charge on any atom is 0.191 e. The molecular weight excluding hydrogens is 280 g/mol. The third kappa shape index (κ3) is 4.93. The number of nitrogens with zero attached hydrogens (tertiary/aromatic N) is 2. The van der Waals surface area contributed by atoms with E-state index in [0.717, 1.165) is 19.0 Å². The summed E-state index contributed by atoms with van der Waals surface area (Å²) in [6.45, 7) is 6.77. The molecule has 2 aromatic rings. The molecule has 1 unspecified atom stereocenters. The first-order chi connectivity index (χ1) is 10.2. The fourth-order valence-corrected chi connectivity index (χ4v) is 2.87. The van der Waals surface area contributed by atoms with E-state index in [9.17, 15) is 0 Å². The molecule has 5 heteroatoms. The lowest BCUT2D eigenvalue weighted by molar-refractivity contribution is 0.701. The number of hydrogen-bond donors (Lipinski definition) is 2. The predicted octanol–water partition coefficient (Wildman–Crippen LogP) is 2.95. The highest BCUT2D eigenvalue weighted by Crippen LogP contribution is 2.16. The zero-order chi connectivity index (χ0) is 15.1. The summed E-state index contributed by atoms with van der Waals surface area (Å²) in [6, 6.07) is 4.28. The van der Waals surface area contributed by atoms with Gasteiger partial charge in [0.05, 0.1) is 6.54 Å². The van der Waals surface area contributed by atoms with Crippen molar-refractivity contribution in [2.24, 2.45) is 12.0 Å². The van der Waals surface area contributed by atoms with Crippen molar-refractivity contribution in [1.82, 2.24) is 15.2 Å². The molecule has 0 amide bonds. The number of thiophene rings is 1. The summed E-state index contributed by atoms with van der Waals surface area (Å²) >= 11 is 1.75. The van der Waals surface area contributed by atoms with Crippen LogP contribution in [0.1, 0.15) is 30.9 Å². The summed E-state index contributed by atoms with van der Waals surface area (Å²) in [5, 5.41) is 11.1. The molecule has 0 bridgehead atoms. The van der Waals surface area contributed by atoms with Crippen molar-refractivity contribution in [3.8, 4) is 0 Å². The largest absolute Gasteiger partial charge is 0.357 e. The first kappa shape index (κ1) is 15.6. The molecule has 0 saturated carbocycles. The smallest absolute Gasteiger partial charge is 0.191 e. The van der Waals surface area contributed by atoms with Crippen LogP contribution in [-0.2, 0) is 13.6 Å². The third-order valence-corrected chi connectivity index (χ3v) is 4.05. The summed E-state index contributed by atoms with van der Waals surface area (Å²) in [7, 11) is 2.03. The molecular formula is C16H24N4S. The number of hydrogen-bond acceptors (Lipinski definition) is 2. The molecule has 0 aromatic carbocycles. The van der Waals surface area contributed by atoms with Crippen molar-refractivity contribution in [3.63, 3.8) is 0 Å². The Kier molecular flexibility index (Phi) is 5.87. The molecule has 4 nitrogen and oxygen atoms in total. The topological polar surface area (TPSA) is 41.4 Å². The van der Waals surface area contributed by atoms with Crippen LogP contribution in [0.4, 0.5) is 0 Å². The maximum atomic E-state index is 4.63. The van der Waals surface area contributed by atoms with E-state index in [4.69, 9.17) is 0 Å². The highest BCUT2D eigenvalue weighted by atomic mass is 32.1. The van der Waals surface area contributed by atoms with E-state index in [1.54, 1.807) is 11.3 Å². The van der Waals surface area contributed by atoms with Gasteiger partial charge in [-0.05, 0) is 46.9 Å². The van der Waals surface area contributed by atoms with E-state index in [1.165, 1.54) is 11.1 Å². The third-order valence-electron chi connectivity index (χ3n) is 3.35. The number of aromatic nitrogens is 1. The minimum absolute atomic E-state index is 0.483. The van der Waals surface area contributed by atoms with Gasteiger partial charge in [0.25, 0.3) is 0 Å². The van der Waals surface area contributed by atoms with Gasteiger partial charge in [-0.3, -0.25) is 0 Å². The molecule has 0 aliphatic heterocycles. The van der Waals surface area contributed by atoms with Crippen molar-refractivity contribution < 1.29 is 0 Å². The van der Waals surface area contributed by atoms with Gasteiger partial charge in [-0.2, -0.15) is 11.3 Å². The van der Waals surface area contributed by atoms with Crippen LogP contribution in [0.2, 0.25) is 0 Å². The Morgan fingerprint density at radius 3 is 2.86 bits per heavy atom. The highest BCUT2D eigenvalue weighted by Gasteiger charge is 2.07. The molecule has 21 heavy (non-hydrogen) atoms. The molecule has 2 aromatic heterocycles. The summed E-state index contributed by atoms with van der Waals surface area (Å²) in [5.74, 6) is 1.36. The van der Waals surface area contributed by atoms with Gasteiger partial charge in [0.1, 0.15) is 0 Å². The number of nitrogens with one attached hydrogen (secondary N) is 2. The van der Waals surface area contributed by atoms with E-state index in [-0.39, 0.29) is 0 Å². The van der Waals surface area contributed by atoms with E-state index in [0.29, 0.717) is 12.5 Å². The van der Waals surface area contributed by atoms with Crippen LogP contribution in [0, 0.1) is 0 Å². The Hall–Kier alpha value is -1.75. The molecule has 0 fully saturated rings. The molecule has 114 valence electrons. The fraction of sp³-hybridized carbons (Fsp3) is 0.438. The minimum atomic E-state index is 0.483. The zero-order valence-corrected chi connectivity index (χ0v) is 13.8. The molecule has 0 radical (unpaired) electrons. The second-order valence-electron chi connectivity index (χ2n) is 5.22. The first-order valence-electron chi connectivity index (χ1n) is 7.34. The molecule has 0 saturated heterocycles. The number of aliphatic imine (C=N–C) groups is 1. The second kappa shape index (κ2) is 7.88. The summed E-state index contributed by atoms with van der Waals surface area (Å²) in [6.07, 6.45) is 4.14. The Bertz CT molecular complexity index is 557. The highest BCUT2D eigenvalue weighted by molar-refractivity contribution is 7.07. The number of aryl methyl sites for hydroxylation is 1. The molecule has 0 aliphatic rings. The van der Waals surface area contributed by atoms with Crippen LogP contribution in [0.5, 0.6) is 0 Å². The van der Waals surface area contributed by atoms with Gasteiger partial charge in [0.2, 0.25) is 0 Å². The quantitative estimate of drug-likeness (QED) is 0.636. The van der Waals surface area contributed by atoms with Crippen LogP contribution < -0.4 is 10.6 Å². The fourth-order valence-electron chi connectivity index (χ4n) is 2.09. The zero-order valence-electron chi connectivity index (χ0n) is 13.0.